The summed E-state index contributed by atoms with van der Waals surface area (Å²) >= 11 is 0. The molecule has 3 aromatic rings. The Balaban J connectivity index is 1.90. The average molecular weight is 324 g/mol. The predicted molar refractivity (Wildman–Crippen MR) is 94.4 cm³/mol. The van der Waals surface area contributed by atoms with Crippen LogP contribution in [0.5, 0.6) is 0 Å². The lowest BCUT2D eigenvalue weighted by molar-refractivity contribution is 0.100. The molecule has 5 heteroatoms. The Labute approximate surface area is 146 Å². The number of hydrogen-bond acceptors (Lipinski definition) is 3. The van der Waals surface area contributed by atoms with E-state index in [1.165, 1.54) is 4.68 Å². The molecule has 2 aromatic carbocycles. The van der Waals surface area contributed by atoms with Crippen molar-refractivity contribution in [3.05, 3.63) is 59.7 Å². The summed E-state index contributed by atoms with van der Waals surface area (Å²) in [5.74, 6) is -0.662. The van der Waals surface area contributed by atoms with E-state index in [1.807, 2.05) is 0 Å². The Bertz CT molecular complexity index is 1060. The number of benzene rings is 2. The van der Waals surface area contributed by atoms with Crippen molar-refractivity contribution < 1.29 is 10.3 Å². The standard InChI is InChI=1S/C19H20N4O/c20-19(24)17-5-1-3-15-12-23(22-18(15)17)16-8-6-13(7-9-16)14-4-2-10-21-11-14/h1,3,5-9,12,14,21H,2,4,10-11H2,(H2,20,24)/t14-/m1/s1/i6D,7D,8D,9D. The average Bonchev–Trinajstić information content (AvgIpc) is 3.11. The molecular formula is C19H20N4O. The molecule has 1 fully saturated rings. The quantitative estimate of drug-likeness (QED) is 0.778. The SMILES string of the molecule is [2H]c1c([2H])c(-n2cc3cccc(C(N)=O)c3n2)c([2H])c([2H])c1[C@@H]1CCCNC1. The van der Waals surface area contributed by atoms with Crippen molar-refractivity contribution in [2.45, 2.75) is 18.8 Å². The third kappa shape index (κ3) is 2.67. The fraction of sp³-hybridized carbons (Fsp3) is 0.263. The number of carbonyl (C=O) groups excluding carboxylic acids is 1. The number of nitrogens with zero attached hydrogens (tertiary/aromatic N) is 2. The summed E-state index contributed by atoms with van der Waals surface area (Å²) in [4.78, 5) is 11.7. The van der Waals surface area contributed by atoms with E-state index in [4.69, 9.17) is 11.2 Å². The minimum absolute atomic E-state index is 0.0422. The minimum atomic E-state index is -0.615. The monoisotopic (exact) mass is 324 g/mol. The number of rotatable bonds is 3. The molecule has 0 bridgehead atoms. The lowest BCUT2D eigenvalue weighted by atomic mass is 9.92. The van der Waals surface area contributed by atoms with Gasteiger partial charge in [-0.3, -0.25) is 4.79 Å². The van der Waals surface area contributed by atoms with Crippen LogP contribution in [-0.2, 0) is 0 Å². The summed E-state index contributed by atoms with van der Waals surface area (Å²) in [6, 6.07) is 4.63. The summed E-state index contributed by atoms with van der Waals surface area (Å²) in [5.41, 5.74) is 6.53. The topological polar surface area (TPSA) is 72.9 Å². The Kier molecular flexibility index (Phi) is 2.79. The van der Waals surface area contributed by atoms with Gasteiger partial charge in [-0.1, -0.05) is 24.2 Å². The van der Waals surface area contributed by atoms with Crippen molar-refractivity contribution in [1.29, 1.82) is 0 Å². The van der Waals surface area contributed by atoms with E-state index < -0.39 is 5.91 Å². The highest BCUT2D eigenvalue weighted by Crippen LogP contribution is 2.25. The number of nitrogens with two attached hydrogens (primary N) is 1. The highest BCUT2D eigenvalue weighted by molar-refractivity contribution is 6.04. The molecule has 0 aliphatic carbocycles. The van der Waals surface area contributed by atoms with Crippen LogP contribution in [0, 0.1) is 0 Å². The van der Waals surface area contributed by atoms with Gasteiger partial charge in [-0.05, 0) is 49.0 Å². The number of amides is 1. The van der Waals surface area contributed by atoms with E-state index in [1.54, 1.807) is 24.4 Å². The first-order valence-corrected chi connectivity index (χ1v) is 7.99. The van der Waals surface area contributed by atoms with Gasteiger partial charge in [0.25, 0.3) is 5.91 Å². The van der Waals surface area contributed by atoms with E-state index in [0.717, 1.165) is 19.4 Å². The predicted octanol–water partition coefficient (Wildman–Crippen LogP) is 2.59. The zero-order valence-corrected chi connectivity index (χ0v) is 13.1. The van der Waals surface area contributed by atoms with Gasteiger partial charge in [-0.15, -0.1) is 0 Å². The zero-order valence-electron chi connectivity index (χ0n) is 17.1. The number of fused-ring (bicyclic) bond motifs is 1. The summed E-state index contributed by atoms with van der Waals surface area (Å²) in [6.45, 7) is 1.54. The number of primary amides is 1. The van der Waals surface area contributed by atoms with Crippen molar-refractivity contribution in [3.63, 3.8) is 0 Å². The molecule has 1 aliphatic rings. The molecule has 5 nitrogen and oxygen atoms in total. The van der Waals surface area contributed by atoms with Crippen molar-refractivity contribution in [3.8, 4) is 5.69 Å². The van der Waals surface area contributed by atoms with Crippen LogP contribution in [-0.4, -0.2) is 28.8 Å². The molecule has 1 aliphatic heterocycles. The molecule has 1 saturated heterocycles. The second kappa shape index (κ2) is 6.09. The summed E-state index contributed by atoms with van der Waals surface area (Å²) in [6.07, 6.45) is 3.36. The largest absolute Gasteiger partial charge is 0.366 e. The van der Waals surface area contributed by atoms with Gasteiger partial charge < -0.3 is 11.1 Å². The molecule has 4 rings (SSSR count). The van der Waals surface area contributed by atoms with Crippen LogP contribution in [0.2, 0.25) is 0 Å². The van der Waals surface area contributed by atoms with Gasteiger partial charge in [0.1, 0.15) is 5.52 Å². The molecule has 0 spiro atoms. The van der Waals surface area contributed by atoms with E-state index in [0.29, 0.717) is 23.0 Å². The minimum Gasteiger partial charge on any atom is -0.366 e. The van der Waals surface area contributed by atoms with Crippen LogP contribution < -0.4 is 11.1 Å². The van der Waals surface area contributed by atoms with Crippen LogP contribution in [0.3, 0.4) is 0 Å². The number of nitrogens with one attached hydrogen (secondary N) is 1. The van der Waals surface area contributed by atoms with Gasteiger partial charge in [-0.2, -0.15) is 5.10 Å². The van der Waals surface area contributed by atoms with Crippen molar-refractivity contribution in [2.24, 2.45) is 5.73 Å². The van der Waals surface area contributed by atoms with Crippen LogP contribution >= 0.6 is 0 Å². The Morgan fingerprint density at radius 1 is 1.33 bits per heavy atom. The Morgan fingerprint density at radius 2 is 2.17 bits per heavy atom. The van der Waals surface area contributed by atoms with E-state index in [2.05, 4.69) is 10.4 Å². The van der Waals surface area contributed by atoms with Gasteiger partial charge in [0.05, 0.1) is 16.7 Å². The summed E-state index contributed by atoms with van der Waals surface area (Å²) in [7, 11) is 0. The first-order valence-electron chi connectivity index (χ1n) is 9.99. The molecule has 3 N–H and O–H groups in total. The number of hydrogen-bond donors (Lipinski definition) is 2. The first-order chi connectivity index (χ1) is 13.4. The molecule has 2 heterocycles. The maximum absolute atomic E-state index is 11.7. The van der Waals surface area contributed by atoms with Crippen LogP contribution in [0.1, 0.15) is 40.2 Å². The Hall–Kier alpha value is -2.66. The molecule has 0 saturated carbocycles. The second-order valence-corrected chi connectivity index (χ2v) is 5.99. The van der Waals surface area contributed by atoms with Gasteiger partial charge in [0.15, 0.2) is 0 Å². The highest BCUT2D eigenvalue weighted by atomic mass is 16.1. The molecule has 0 radical (unpaired) electrons. The maximum Gasteiger partial charge on any atom is 0.250 e. The highest BCUT2D eigenvalue weighted by Gasteiger charge is 2.15. The lowest BCUT2D eigenvalue weighted by Gasteiger charge is -2.23. The van der Waals surface area contributed by atoms with E-state index in [-0.39, 0.29) is 41.3 Å². The van der Waals surface area contributed by atoms with E-state index >= 15 is 0 Å². The zero-order chi connectivity index (χ0) is 20.0. The van der Waals surface area contributed by atoms with Gasteiger partial charge in [0.2, 0.25) is 0 Å². The number of piperidine rings is 1. The van der Waals surface area contributed by atoms with Crippen LogP contribution in [0.25, 0.3) is 16.6 Å². The van der Waals surface area contributed by atoms with E-state index in [9.17, 15) is 4.79 Å². The third-order valence-electron chi connectivity index (χ3n) is 4.37. The van der Waals surface area contributed by atoms with Crippen molar-refractivity contribution in [2.75, 3.05) is 13.1 Å². The second-order valence-electron chi connectivity index (χ2n) is 5.99. The van der Waals surface area contributed by atoms with Crippen LogP contribution in [0.4, 0.5) is 0 Å². The normalized spacial score (nSPS) is 20.2. The maximum atomic E-state index is 11.7. The summed E-state index contributed by atoms with van der Waals surface area (Å²) in [5, 5.41) is 8.24. The molecule has 0 unspecified atom stereocenters. The molecule has 1 aromatic heterocycles. The van der Waals surface area contributed by atoms with Crippen molar-refractivity contribution >= 4 is 16.8 Å². The Morgan fingerprint density at radius 3 is 2.88 bits per heavy atom. The lowest BCUT2D eigenvalue weighted by Crippen LogP contribution is -2.28. The van der Waals surface area contributed by atoms with Gasteiger partial charge in [-0.25, -0.2) is 4.68 Å². The van der Waals surface area contributed by atoms with Crippen molar-refractivity contribution in [1.82, 2.24) is 15.1 Å². The molecule has 1 amide bonds. The van der Waals surface area contributed by atoms with Crippen LogP contribution in [0.15, 0.2) is 48.6 Å². The van der Waals surface area contributed by atoms with Gasteiger partial charge in [0, 0.05) is 18.1 Å². The molecule has 24 heavy (non-hydrogen) atoms. The van der Waals surface area contributed by atoms with Gasteiger partial charge >= 0.3 is 0 Å². The third-order valence-corrected chi connectivity index (χ3v) is 4.37. The first kappa shape index (κ1) is 11.0. The number of carbonyl (C=O) groups is 1. The number of aromatic nitrogens is 2. The molecule has 122 valence electrons. The summed E-state index contributed by atoms with van der Waals surface area (Å²) < 4.78 is 35.2. The molecule has 1 atom stereocenters. The smallest absolute Gasteiger partial charge is 0.250 e. The fourth-order valence-electron chi connectivity index (χ4n) is 3.09. The fourth-order valence-corrected chi connectivity index (χ4v) is 3.09. The molecular weight excluding hydrogens is 300 g/mol.